The van der Waals surface area contributed by atoms with E-state index in [1.54, 1.807) is 0 Å². The monoisotopic (exact) mass is 245 g/mol. The number of hydrogen-bond acceptors (Lipinski definition) is 2. The van der Waals surface area contributed by atoms with E-state index in [-0.39, 0.29) is 0 Å². The minimum atomic E-state index is 0.507. The molecule has 0 aliphatic heterocycles. The van der Waals surface area contributed by atoms with Crippen LogP contribution in [0.2, 0.25) is 0 Å². The van der Waals surface area contributed by atoms with Gasteiger partial charge in [0.05, 0.1) is 0 Å². The van der Waals surface area contributed by atoms with E-state index >= 15 is 0 Å². The van der Waals surface area contributed by atoms with Crippen LogP contribution in [-0.4, -0.2) is 24.1 Å². The molecule has 0 fully saturated rings. The summed E-state index contributed by atoms with van der Waals surface area (Å²) in [5.74, 6) is 2.59. The van der Waals surface area contributed by atoms with Crippen LogP contribution in [0.15, 0.2) is 0 Å². The van der Waals surface area contributed by atoms with Gasteiger partial charge in [-0.2, -0.15) is 11.8 Å². The first-order valence-corrected chi connectivity index (χ1v) is 8.00. The number of nitrogens with one attached hydrogen (secondary N) is 1. The van der Waals surface area contributed by atoms with Crippen LogP contribution in [0.3, 0.4) is 0 Å². The quantitative estimate of drug-likeness (QED) is 0.575. The minimum Gasteiger partial charge on any atom is -0.314 e. The second-order valence-corrected chi connectivity index (χ2v) is 6.79. The Bertz CT molecular complexity index is 159. The maximum atomic E-state index is 3.60. The molecule has 0 aliphatic carbocycles. The van der Waals surface area contributed by atoms with Crippen molar-refractivity contribution >= 4 is 11.8 Å². The molecule has 1 N–H and O–H groups in total. The minimum absolute atomic E-state index is 0.507. The van der Waals surface area contributed by atoms with Crippen molar-refractivity contribution in [1.29, 1.82) is 0 Å². The number of hydrogen-bond donors (Lipinski definition) is 1. The van der Waals surface area contributed by atoms with Crippen molar-refractivity contribution in [3.8, 4) is 0 Å². The average Bonchev–Trinajstić information content (AvgIpc) is 2.22. The summed E-state index contributed by atoms with van der Waals surface area (Å²) in [6.45, 7) is 12.6. The molecular weight excluding hydrogens is 214 g/mol. The predicted molar refractivity (Wildman–Crippen MR) is 78.4 cm³/mol. The Hall–Kier alpha value is 0.310. The van der Waals surface area contributed by atoms with Crippen molar-refractivity contribution in [3.05, 3.63) is 0 Å². The van der Waals surface area contributed by atoms with Gasteiger partial charge in [-0.25, -0.2) is 0 Å². The molecule has 1 unspecified atom stereocenters. The molecule has 0 saturated carbocycles. The summed E-state index contributed by atoms with van der Waals surface area (Å²) in [6.07, 6.45) is 5.39. The lowest BCUT2D eigenvalue weighted by Crippen LogP contribution is -2.35. The van der Waals surface area contributed by atoms with Gasteiger partial charge >= 0.3 is 0 Å². The molecule has 0 aromatic rings. The third kappa shape index (κ3) is 8.46. The van der Waals surface area contributed by atoms with Crippen LogP contribution in [0, 0.1) is 5.41 Å². The van der Waals surface area contributed by atoms with Gasteiger partial charge in [-0.3, -0.25) is 0 Å². The zero-order valence-electron chi connectivity index (χ0n) is 11.9. The lowest BCUT2D eigenvalue weighted by atomic mass is 9.81. The molecule has 1 atom stereocenters. The third-order valence-corrected chi connectivity index (χ3v) is 4.05. The van der Waals surface area contributed by atoms with Gasteiger partial charge in [-0.1, -0.05) is 41.0 Å². The van der Waals surface area contributed by atoms with Crippen LogP contribution in [0.4, 0.5) is 0 Å². The van der Waals surface area contributed by atoms with Gasteiger partial charge < -0.3 is 5.32 Å². The van der Waals surface area contributed by atoms with Gasteiger partial charge in [0.1, 0.15) is 0 Å². The molecule has 0 saturated heterocycles. The van der Waals surface area contributed by atoms with Gasteiger partial charge in [0, 0.05) is 12.6 Å². The molecule has 0 spiro atoms. The molecular formula is C14H31NS. The molecule has 0 aromatic carbocycles. The fraction of sp³-hybridized carbons (Fsp3) is 1.00. The lowest BCUT2D eigenvalue weighted by molar-refractivity contribution is 0.247. The van der Waals surface area contributed by atoms with Crippen LogP contribution in [0.25, 0.3) is 0 Å². The van der Waals surface area contributed by atoms with E-state index in [9.17, 15) is 0 Å². The normalized spacial score (nSPS) is 15.4. The Kier molecular flexibility index (Phi) is 9.53. The Labute approximate surface area is 107 Å². The molecule has 0 amide bonds. The SMILES string of the molecule is CCCC(C)(CCCSCC)CNC(C)C. The van der Waals surface area contributed by atoms with Gasteiger partial charge in [-0.15, -0.1) is 0 Å². The van der Waals surface area contributed by atoms with Crippen molar-refractivity contribution in [2.24, 2.45) is 5.41 Å². The van der Waals surface area contributed by atoms with Gasteiger partial charge in [-0.05, 0) is 36.2 Å². The Morgan fingerprint density at radius 1 is 1.19 bits per heavy atom. The maximum absolute atomic E-state index is 3.60. The summed E-state index contributed by atoms with van der Waals surface area (Å²) in [5.41, 5.74) is 0.507. The smallest absolute Gasteiger partial charge is 0.00106 e. The van der Waals surface area contributed by atoms with Gasteiger partial charge in [0.2, 0.25) is 0 Å². The van der Waals surface area contributed by atoms with Crippen molar-refractivity contribution in [2.75, 3.05) is 18.1 Å². The third-order valence-electron chi connectivity index (χ3n) is 3.06. The Morgan fingerprint density at radius 2 is 1.88 bits per heavy atom. The molecule has 2 heteroatoms. The van der Waals surface area contributed by atoms with Crippen LogP contribution in [0.1, 0.15) is 60.3 Å². The predicted octanol–water partition coefficient (Wildman–Crippen LogP) is 4.32. The van der Waals surface area contributed by atoms with Crippen LogP contribution < -0.4 is 5.32 Å². The van der Waals surface area contributed by atoms with Crippen LogP contribution in [-0.2, 0) is 0 Å². The highest BCUT2D eigenvalue weighted by atomic mass is 32.2. The molecule has 0 rings (SSSR count). The van der Waals surface area contributed by atoms with E-state index in [2.05, 4.69) is 51.7 Å². The van der Waals surface area contributed by atoms with Crippen molar-refractivity contribution in [2.45, 2.75) is 66.3 Å². The highest BCUT2D eigenvalue weighted by molar-refractivity contribution is 7.99. The van der Waals surface area contributed by atoms with E-state index in [1.807, 2.05) is 0 Å². The first kappa shape index (κ1) is 16.3. The summed E-state index contributed by atoms with van der Waals surface area (Å²) >= 11 is 2.07. The Balaban J connectivity index is 3.90. The zero-order valence-corrected chi connectivity index (χ0v) is 12.8. The zero-order chi connectivity index (χ0) is 12.4. The summed E-state index contributed by atoms with van der Waals surface area (Å²) in [5, 5.41) is 3.60. The molecule has 0 heterocycles. The molecule has 0 aliphatic rings. The van der Waals surface area contributed by atoms with Crippen molar-refractivity contribution < 1.29 is 0 Å². The van der Waals surface area contributed by atoms with E-state index < -0.39 is 0 Å². The maximum Gasteiger partial charge on any atom is 0.00106 e. The summed E-state index contributed by atoms with van der Waals surface area (Å²) in [4.78, 5) is 0. The second kappa shape index (κ2) is 9.35. The summed E-state index contributed by atoms with van der Waals surface area (Å²) in [6, 6.07) is 0.612. The first-order valence-electron chi connectivity index (χ1n) is 6.85. The fourth-order valence-electron chi connectivity index (χ4n) is 2.10. The Morgan fingerprint density at radius 3 is 2.38 bits per heavy atom. The number of thioether (sulfide) groups is 1. The highest BCUT2D eigenvalue weighted by Crippen LogP contribution is 2.29. The van der Waals surface area contributed by atoms with Crippen molar-refractivity contribution in [1.82, 2.24) is 5.32 Å². The fourth-order valence-corrected chi connectivity index (χ4v) is 2.74. The topological polar surface area (TPSA) is 12.0 Å². The van der Waals surface area contributed by atoms with E-state index in [0.717, 1.165) is 0 Å². The van der Waals surface area contributed by atoms with Gasteiger partial charge in [0.15, 0.2) is 0 Å². The summed E-state index contributed by atoms with van der Waals surface area (Å²) < 4.78 is 0. The molecule has 0 aromatic heterocycles. The van der Waals surface area contributed by atoms with E-state index in [4.69, 9.17) is 0 Å². The van der Waals surface area contributed by atoms with Crippen molar-refractivity contribution in [3.63, 3.8) is 0 Å². The first-order chi connectivity index (χ1) is 7.54. The molecule has 98 valence electrons. The largest absolute Gasteiger partial charge is 0.314 e. The molecule has 16 heavy (non-hydrogen) atoms. The van der Waals surface area contributed by atoms with Crippen LogP contribution in [0.5, 0.6) is 0 Å². The van der Waals surface area contributed by atoms with E-state index in [1.165, 1.54) is 43.7 Å². The standard InChI is InChI=1S/C14H31NS/c1-6-9-14(5,12-15-13(3)4)10-8-11-16-7-2/h13,15H,6-12H2,1-5H3. The van der Waals surface area contributed by atoms with Crippen LogP contribution >= 0.6 is 11.8 Å². The molecule has 0 radical (unpaired) electrons. The highest BCUT2D eigenvalue weighted by Gasteiger charge is 2.22. The molecule has 1 nitrogen and oxygen atoms in total. The van der Waals surface area contributed by atoms with Gasteiger partial charge in [0.25, 0.3) is 0 Å². The summed E-state index contributed by atoms with van der Waals surface area (Å²) in [7, 11) is 0. The average molecular weight is 245 g/mol. The van der Waals surface area contributed by atoms with E-state index in [0.29, 0.717) is 11.5 Å². The lowest BCUT2D eigenvalue weighted by Gasteiger charge is -2.31. The molecule has 0 bridgehead atoms. The second-order valence-electron chi connectivity index (χ2n) is 5.40. The number of rotatable bonds is 10.